The van der Waals surface area contributed by atoms with E-state index in [2.05, 4.69) is 36.6 Å². The number of hydrogen-bond acceptors (Lipinski definition) is 4. The van der Waals surface area contributed by atoms with E-state index >= 15 is 0 Å². The fourth-order valence-corrected chi connectivity index (χ4v) is 1.01. The summed E-state index contributed by atoms with van der Waals surface area (Å²) in [6.07, 6.45) is 1.57. The summed E-state index contributed by atoms with van der Waals surface area (Å²) in [5.74, 6) is 0.990. The van der Waals surface area contributed by atoms with Gasteiger partial charge in [0.1, 0.15) is 12.4 Å². The van der Waals surface area contributed by atoms with Gasteiger partial charge in [0.05, 0.1) is 0 Å². The molecular formula is C8H12N4S. The first-order valence-electron chi connectivity index (χ1n) is 3.98. The van der Waals surface area contributed by atoms with Gasteiger partial charge in [0.25, 0.3) is 5.82 Å². The van der Waals surface area contributed by atoms with Crippen LogP contribution in [-0.2, 0) is 6.54 Å². The van der Waals surface area contributed by atoms with Crippen molar-refractivity contribution in [2.45, 2.75) is 20.4 Å². The summed E-state index contributed by atoms with van der Waals surface area (Å²) >= 11 is 4.23. The second-order valence-electron chi connectivity index (χ2n) is 3.70. The van der Waals surface area contributed by atoms with E-state index in [9.17, 15) is 0 Å². The van der Waals surface area contributed by atoms with Crippen molar-refractivity contribution in [2.75, 3.05) is 5.75 Å². The lowest BCUT2D eigenvalue weighted by molar-refractivity contribution is 0.333. The first-order valence-corrected chi connectivity index (χ1v) is 4.61. The molecule has 0 unspecified atom stereocenters. The maximum atomic E-state index is 8.50. The van der Waals surface area contributed by atoms with Gasteiger partial charge < -0.3 is 0 Å². The van der Waals surface area contributed by atoms with Crippen molar-refractivity contribution in [2.24, 2.45) is 5.41 Å². The maximum absolute atomic E-state index is 8.50. The van der Waals surface area contributed by atoms with Crippen LogP contribution in [0.1, 0.15) is 19.7 Å². The van der Waals surface area contributed by atoms with E-state index in [0.717, 1.165) is 12.3 Å². The van der Waals surface area contributed by atoms with Gasteiger partial charge in [0.2, 0.25) is 0 Å². The molecule has 0 saturated heterocycles. The van der Waals surface area contributed by atoms with Crippen LogP contribution >= 0.6 is 12.6 Å². The molecule has 1 rings (SSSR count). The third-order valence-electron chi connectivity index (χ3n) is 1.65. The van der Waals surface area contributed by atoms with E-state index in [4.69, 9.17) is 5.26 Å². The minimum Gasteiger partial charge on any atom is -0.251 e. The molecule has 0 amide bonds. The Morgan fingerprint density at radius 3 is 2.85 bits per heavy atom. The average molecular weight is 196 g/mol. The van der Waals surface area contributed by atoms with E-state index in [1.165, 1.54) is 0 Å². The fraction of sp³-hybridized carbons (Fsp3) is 0.625. The molecule has 4 nitrogen and oxygen atoms in total. The number of nitrogens with zero attached hydrogens (tertiary/aromatic N) is 4. The highest BCUT2D eigenvalue weighted by molar-refractivity contribution is 7.80. The Hall–Kier alpha value is -1.02. The Kier molecular flexibility index (Phi) is 2.94. The number of aromatic nitrogens is 3. The Bertz CT molecular complexity index is 323. The molecule has 5 heteroatoms. The molecule has 0 radical (unpaired) electrons. The molecule has 0 fully saturated rings. The van der Waals surface area contributed by atoms with Gasteiger partial charge in [0.15, 0.2) is 0 Å². The molecule has 0 aliphatic heterocycles. The van der Waals surface area contributed by atoms with Gasteiger partial charge in [0, 0.05) is 6.54 Å². The Morgan fingerprint density at radius 1 is 1.69 bits per heavy atom. The predicted molar refractivity (Wildman–Crippen MR) is 52.4 cm³/mol. The first kappa shape index (κ1) is 10.1. The predicted octanol–water partition coefficient (Wildman–Crippen LogP) is 1.11. The number of nitriles is 1. The highest BCUT2D eigenvalue weighted by atomic mass is 32.1. The van der Waals surface area contributed by atoms with Crippen LogP contribution in [0, 0.1) is 16.7 Å². The third kappa shape index (κ3) is 2.74. The zero-order valence-corrected chi connectivity index (χ0v) is 8.62. The summed E-state index contributed by atoms with van der Waals surface area (Å²) in [4.78, 5) is 3.82. The quantitative estimate of drug-likeness (QED) is 0.737. The van der Waals surface area contributed by atoms with Gasteiger partial charge >= 0.3 is 0 Å². The van der Waals surface area contributed by atoms with Crippen molar-refractivity contribution in [3.63, 3.8) is 0 Å². The van der Waals surface area contributed by atoms with Crippen LogP contribution < -0.4 is 0 Å². The molecule has 1 aromatic rings. The van der Waals surface area contributed by atoms with Crippen molar-refractivity contribution in [1.82, 2.24) is 14.8 Å². The van der Waals surface area contributed by atoms with Crippen molar-refractivity contribution in [3.8, 4) is 6.07 Å². The lowest BCUT2D eigenvalue weighted by atomic mass is 9.97. The molecule has 70 valence electrons. The molecule has 0 N–H and O–H groups in total. The SMILES string of the molecule is CC(C)(CS)Cn1cnc(C#N)n1. The Morgan fingerprint density at radius 2 is 2.38 bits per heavy atom. The lowest BCUT2D eigenvalue weighted by Crippen LogP contribution is -2.21. The van der Waals surface area contributed by atoms with Gasteiger partial charge in [-0.3, -0.25) is 4.68 Å². The van der Waals surface area contributed by atoms with Crippen molar-refractivity contribution in [1.29, 1.82) is 5.26 Å². The number of hydrogen-bond donors (Lipinski definition) is 1. The standard InChI is InChI=1S/C8H12N4S/c1-8(2,5-13)4-12-6-10-7(3-9)11-12/h6,13H,4-5H2,1-2H3. The van der Waals surface area contributed by atoms with Crippen LogP contribution in [0.2, 0.25) is 0 Å². The Labute approximate surface area is 83.0 Å². The van der Waals surface area contributed by atoms with Gasteiger partial charge in [-0.2, -0.15) is 17.9 Å². The van der Waals surface area contributed by atoms with E-state index in [1.54, 1.807) is 11.0 Å². The smallest absolute Gasteiger partial charge is 0.251 e. The first-order chi connectivity index (χ1) is 6.07. The maximum Gasteiger partial charge on any atom is 0.252 e. The van der Waals surface area contributed by atoms with Gasteiger partial charge in [-0.05, 0) is 11.2 Å². The summed E-state index contributed by atoms with van der Waals surface area (Å²) in [5.41, 5.74) is 0.0730. The molecule has 0 aliphatic carbocycles. The van der Waals surface area contributed by atoms with Crippen molar-refractivity contribution >= 4 is 12.6 Å². The monoisotopic (exact) mass is 196 g/mol. The number of rotatable bonds is 3. The highest BCUT2D eigenvalue weighted by Gasteiger charge is 2.17. The Balaban J connectivity index is 2.70. The van der Waals surface area contributed by atoms with E-state index in [1.807, 2.05) is 6.07 Å². The zero-order valence-electron chi connectivity index (χ0n) is 7.73. The second kappa shape index (κ2) is 3.79. The van der Waals surface area contributed by atoms with Gasteiger partial charge in [-0.25, -0.2) is 4.98 Å². The summed E-state index contributed by atoms with van der Waals surface area (Å²) < 4.78 is 1.68. The molecule has 0 atom stereocenters. The molecule has 0 aliphatic rings. The normalized spacial score (nSPS) is 11.2. The topological polar surface area (TPSA) is 54.5 Å². The molecule has 0 saturated carbocycles. The molecule has 13 heavy (non-hydrogen) atoms. The van der Waals surface area contributed by atoms with Crippen molar-refractivity contribution < 1.29 is 0 Å². The zero-order chi connectivity index (χ0) is 9.90. The molecule has 0 spiro atoms. The average Bonchev–Trinajstić information content (AvgIpc) is 2.52. The summed E-state index contributed by atoms with van der Waals surface area (Å²) in [6.45, 7) is 4.91. The van der Waals surface area contributed by atoms with Crippen LogP contribution in [0.3, 0.4) is 0 Å². The molecular weight excluding hydrogens is 184 g/mol. The highest BCUT2D eigenvalue weighted by Crippen LogP contribution is 2.18. The van der Waals surface area contributed by atoms with Crippen LogP contribution in [-0.4, -0.2) is 20.5 Å². The summed E-state index contributed by atoms with van der Waals surface area (Å²) in [5, 5.41) is 12.5. The summed E-state index contributed by atoms with van der Waals surface area (Å²) in [6, 6.07) is 1.89. The molecule has 0 aromatic carbocycles. The van der Waals surface area contributed by atoms with Crippen LogP contribution in [0.25, 0.3) is 0 Å². The molecule has 1 aromatic heterocycles. The van der Waals surface area contributed by atoms with E-state index in [0.29, 0.717) is 0 Å². The van der Waals surface area contributed by atoms with Gasteiger partial charge in [-0.15, -0.1) is 5.10 Å². The minimum atomic E-state index is 0.0730. The number of thiol groups is 1. The minimum absolute atomic E-state index is 0.0730. The lowest BCUT2D eigenvalue weighted by Gasteiger charge is -2.20. The summed E-state index contributed by atoms with van der Waals surface area (Å²) in [7, 11) is 0. The largest absolute Gasteiger partial charge is 0.252 e. The van der Waals surface area contributed by atoms with E-state index < -0.39 is 0 Å². The van der Waals surface area contributed by atoms with E-state index in [-0.39, 0.29) is 11.2 Å². The van der Waals surface area contributed by atoms with Crippen molar-refractivity contribution in [3.05, 3.63) is 12.2 Å². The van der Waals surface area contributed by atoms with Crippen LogP contribution in [0.5, 0.6) is 0 Å². The molecule has 0 bridgehead atoms. The molecule has 1 heterocycles. The van der Waals surface area contributed by atoms with Crippen LogP contribution in [0.15, 0.2) is 6.33 Å². The van der Waals surface area contributed by atoms with Gasteiger partial charge in [-0.1, -0.05) is 13.8 Å². The van der Waals surface area contributed by atoms with Crippen LogP contribution in [0.4, 0.5) is 0 Å². The third-order valence-corrected chi connectivity index (χ3v) is 2.51. The fourth-order valence-electron chi connectivity index (χ4n) is 0.911. The second-order valence-corrected chi connectivity index (χ2v) is 4.02.